The molecular weight excluding hydrogens is 376 g/mol. The molecule has 0 radical (unpaired) electrons. The highest BCUT2D eigenvalue weighted by atomic mass is 32.2. The van der Waals surface area contributed by atoms with E-state index in [1.165, 1.54) is 17.4 Å². The van der Waals surface area contributed by atoms with Crippen molar-refractivity contribution in [3.05, 3.63) is 35.4 Å². The highest BCUT2D eigenvalue weighted by Gasteiger charge is 2.16. The Morgan fingerprint density at radius 3 is 2.82 bits per heavy atom. The molecule has 0 saturated carbocycles. The number of ether oxygens (including phenoxy) is 1. The van der Waals surface area contributed by atoms with Gasteiger partial charge in [0.25, 0.3) is 0 Å². The molecule has 0 aliphatic carbocycles. The van der Waals surface area contributed by atoms with Crippen LogP contribution in [0.4, 0.5) is 0 Å². The predicted molar refractivity (Wildman–Crippen MR) is 114 cm³/mol. The number of morpholine rings is 1. The van der Waals surface area contributed by atoms with Crippen molar-refractivity contribution in [1.82, 2.24) is 15.5 Å². The van der Waals surface area contributed by atoms with Crippen LogP contribution >= 0.6 is 0 Å². The summed E-state index contributed by atoms with van der Waals surface area (Å²) in [5.41, 5.74) is 2.48. The van der Waals surface area contributed by atoms with Crippen molar-refractivity contribution in [3.8, 4) is 0 Å². The molecule has 28 heavy (non-hydrogen) atoms. The lowest BCUT2D eigenvalue weighted by Crippen LogP contribution is -2.42. The van der Waals surface area contributed by atoms with Crippen LogP contribution in [0.25, 0.3) is 0 Å². The van der Waals surface area contributed by atoms with Gasteiger partial charge in [0.15, 0.2) is 5.96 Å². The number of nitrogens with zero attached hydrogens (tertiary/aromatic N) is 2. The van der Waals surface area contributed by atoms with Crippen LogP contribution in [0, 0.1) is 0 Å². The Labute approximate surface area is 169 Å². The van der Waals surface area contributed by atoms with Gasteiger partial charge in [0, 0.05) is 45.5 Å². The lowest BCUT2D eigenvalue weighted by Gasteiger charge is -2.31. The Kier molecular flexibility index (Phi) is 8.72. The first-order chi connectivity index (χ1) is 13.2. The minimum Gasteiger partial charge on any atom is -0.376 e. The predicted octanol–water partition coefficient (Wildman–Crippen LogP) is 1.40. The van der Waals surface area contributed by atoms with Gasteiger partial charge < -0.3 is 15.4 Å². The van der Waals surface area contributed by atoms with Gasteiger partial charge in [-0.25, -0.2) is 8.42 Å². The largest absolute Gasteiger partial charge is 0.376 e. The highest BCUT2D eigenvalue weighted by molar-refractivity contribution is 7.90. The molecular formula is C20H34N4O3S. The number of rotatable bonds is 8. The van der Waals surface area contributed by atoms with Gasteiger partial charge in [-0.3, -0.25) is 9.89 Å². The molecule has 1 saturated heterocycles. The summed E-state index contributed by atoms with van der Waals surface area (Å²) in [5, 5.41) is 6.55. The van der Waals surface area contributed by atoms with E-state index in [1.54, 1.807) is 7.05 Å². The molecule has 7 nitrogen and oxygen atoms in total. The van der Waals surface area contributed by atoms with Gasteiger partial charge in [-0.05, 0) is 31.4 Å². The van der Waals surface area contributed by atoms with E-state index in [-0.39, 0.29) is 17.9 Å². The van der Waals surface area contributed by atoms with Crippen LogP contribution < -0.4 is 10.6 Å². The van der Waals surface area contributed by atoms with Crippen LogP contribution in [0.5, 0.6) is 0 Å². The van der Waals surface area contributed by atoms with Crippen molar-refractivity contribution in [1.29, 1.82) is 0 Å². The van der Waals surface area contributed by atoms with E-state index in [0.29, 0.717) is 18.9 Å². The maximum atomic E-state index is 11.3. The SMILES string of the molecule is CN=C(NCc1cccc(CN2CCOC(C)C2)c1)NC(C)CCS(C)(=O)=O. The number of benzene rings is 1. The third-order valence-electron chi connectivity index (χ3n) is 4.71. The number of hydrogen-bond acceptors (Lipinski definition) is 5. The summed E-state index contributed by atoms with van der Waals surface area (Å²) in [6.07, 6.45) is 2.10. The summed E-state index contributed by atoms with van der Waals surface area (Å²) in [7, 11) is -1.23. The molecule has 1 aliphatic rings. The molecule has 2 N–H and O–H groups in total. The molecule has 0 bridgehead atoms. The Hall–Kier alpha value is -1.64. The van der Waals surface area contributed by atoms with Crippen LogP contribution in [0.2, 0.25) is 0 Å². The summed E-state index contributed by atoms with van der Waals surface area (Å²) >= 11 is 0. The van der Waals surface area contributed by atoms with Gasteiger partial charge >= 0.3 is 0 Å². The van der Waals surface area contributed by atoms with Gasteiger partial charge in [0.2, 0.25) is 0 Å². The van der Waals surface area contributed by atoms with E-state index < -0.39 is 9.84 Å². The fourth-order valence-corrected chi connectivity index (χ4v) is 3.99. The van der Waals surface area contributed by atoms with Gasteiger partial charge in [-0.15, -0.1) is 0 Å². The number of hydrogen-bond donors (Lipinski definition) is 2. The molecule has 0 spiro atoms. The Morgan fingerprint density at radius 1 is 1.39 bits per heavy atom. The minimum atomic E-state index is -2.95. The van der Waals surface area contributed by atoms with Crippen molar-refractivity contribution < 1.29 is 13.2 Å². The molecule has 158 valence electrons. The Morgan fingerprint density at radius 2 is 2.14 bits per heavy atom. The van der Waals surface area contributed by atoms with Gasteiger partial charge in [0.1, 0.15) is 9.84 Å². The maximum absolute atomic E-state index is 11.3. The van der Waals surface area contributed by atoms with E-state index >= 15 is 0 Å². The summed E-state index contributed by atoms with van der Waals surface area (Å²) in [6.45, 7) is 8.38. The molecule has 0 aromatic heterocycles. The third-order valence-corrected chi connectivity index (χ3v) is 5.69. The summed E-state index contributed by atoms with van der Waals surface area (Å²) in [6, 6.07) is 8.58. The van der Waals surface area contributed by atoms with Gasteiger partial charge in [-0.1, -0.05) is 24.3 Å². The monoisotopic (exact) mass is 410 g/mol. The molecule has 1 fully saturated rings. The standard InChI is InChI=1S/C20H34N4O3S/c1-16(8-11-28(4,25)26)23-20(21-3)22-13-18-6-5-7-19(12-18)15-24-9-10-27-17(2)14-24/h5-7,12,16-17H,8-11,13-15H2,1-4H3,(H2,21,22,23). The third kappa shape index (κ3) is 8.58. The zero-order valence-corrected chi connectivity index (χ0v) is 18.3. The van der Waals surface area contributed by atoms with E-state index in [4.69, 9.17) is 4.74 Å². The fraction of sp³-hybridized carbons (Fsp3) is 0.650. The first-order valence-electron chi connectivity index (χ1n) is 9.82. The van der Waals surface area contributed by atoms with E-state index in [9.17, 15) is 8.42 Å². The number of nitrogens with one attached hydrogen (secondary N) is 2. The summed E-state index contributed by atoms with van der Waals surface area (Å²) in [5.74, 6) is 0.841. The highest BCUT2D eigenvalue weighted by Crippen LogP contribution is 2.12. The maximum Gasteiger partial charge on any atom is 0.191 e. The van der Waals surface area contributed by atoms with Gasteiger partial charge in [-0.2, -0.15) is 0 Å². The molecule has 2 rings (SSSR count). The summed E-state index contributed by atoms with van der Waals surface area (Å²) in [4.78, 5) is 6.66. The molecule has 2 atom stereocenters. The van der Waals surface area contributed by atoms with Crippen LogP contribution in [0.1, 0.15) is 31.4 Å². The molecule has 2 unspecified atom stereocenters. The van der Waals surface area contributed by atoms with Crippen molar-refractivity contribution in [2.45, 2.75) is 45.5 Å². The number of guanidine groups is 1. The van der Waals surface area contributed by atoms with Crippen LogP contribution in [0.3, 0.4) is 0 Å². The number of sulfone groups is 1. The lowest BCUT2D eigenvalue weighted by molar-refractivity contribution is -0.0212. The Balaban J connectivity index is 1.83. The fourth-order valence-electron chi connectivity index (χ4n) is 3.21. The van der Waals surface area contributed by atoms with Crippen LogP contribution in [0.15, 0.2) is 29.3 Å². The van der Waals surface area contributed by atoms with E-state index in [1.807, 2.05) is 6.92 Å². The van der Waals surface area contributed by atoms with E-state index in [2.05, 4.69) is 51.7 Å². The van der Waals surface area contributed by atoms with Crippen molar-refractivity contribution >= 4 is 15.8 Å². The quantitative estimate of drug-likeness (QED) is 0.498. The second-order valence-corrected chi connectivity index (χ2v) is 9.89. The molecule has 1 aliphatic heterocycles. The van der Waals surface area contributed by atoms with Crippen LogP contribution in [-0.2, 0) is 27.7 Å². The average Bonchev–Trinajstić information content (AvgIpc) is 2.63. The van der Waals surface area contributed by atoms with Crippen LogP contribution in [-0.4, -0.2) is 70.2 Å². The van der Waals surface area contributed by atoms with Crippen molar-refractivity contribution in [2.75, 3.05) is 38.8 Å². The summed E-state index contributed by atoms with van der Waals surface area (Å²) < 4.78 is 28.2. The molecule has 1 aromatic rings. The normalized spacial score (nSPS) is 20.0. The molecule has 8 heteroatoms. The second-order valence-electron chi connectivity index (χ2n) is 7.63. The first-order valence-corrected chi connectivity index (χ1v) is 11.9. The lowest BCUT2D eigenvalue weighted by atomic mass is 10.1. The van der Waals surface area contributed by atoms with Gasteiger partial charge in [0.05, 0.1) is 18.5 Å². The molecule has 1 heterocycles. The van der Waals surface area contributed by atoms with Crippen molar-refractivity contribution in [3.63, 3.8) is 0 Å². The zero-order valence-electron chi connectivity index (χ0n) is 17.4. The second kappa shape index (κ2) is 10.8. The average molecular weight is 411 g/mol. The van der Waals surface area contributed by atoms with Crippen molar-refractivity contribution in [2.24, 2.45) is 4.99 Å². The first kappa shape index (κ1) is 22.6. The topological polar surface area (TPSA) is 83.0 Å². The van der Waals surface area contributed by atoms with E-state index in [0.717, 1.165) is 26.2 Å². The minimum absolute atomic E-state index is 0.0237. The molecule has 1 aromatic carbocycles. The zero-order chi connectivity index (χ0) is 20.6. The Bertz CT molecular complexity index is 752. The smallest absolute Gasteiger partial charge is 0.191 e. The number of aliphatic imine (C=N–C) groups is 1. The molecule has 0 amide bonds.